The summed E-state index contributed by atoms with van der Waals surface area (Å²) in [5, 5.41) is 0.111. The number of carbonyl (C=O) groups excluding carboxylic acids is 1. The molecule has 0 unspecified atom stereocenters. The summed E-state index contributed by atoms with van der Waals surface area (Å²) in [5.74, 6) is 0. The molecule has 0 bridgehead atoms. The van der Waals surface area contributed by atoms with Crippen molar-refractivity contribution in [3.63, 3.8) is 0 Å². The summed E-state index contributed by atoms with van der Waals surface area (Å²) in [4.78, 5) is 10.5. The Balaban J connectivity index is 3.20. The van der Waals surface area contributed by atoms with Crippen molar-refractivity contribution < 1.29 is 18.0 Å². The first kappa shape index (κ1) is 11.8. The third-order valence-electron chi connectivity index (χ3n) is 1.63. The van der Waals surface area contributed by atoms with Crippen LogP contribution in [0.2, 0.25) is 5.02 Å². The third-order valence-corrected chi connectivity index (χ3v) is 1.96. The van der Waals surface area contributed by atoms with Crippen molar-refractivity contribution >= 4 is 23.5 Å². The minimum Gasteiger partial charge on any atom is -0.298 e. The van der Waals surface area contributed by atoms with Crippen molar-refractivity contribution in [3.8, 4) is 0 Å². The molecule has 0 N–H and O–H groups in total. The Bertz CT molecular complexity index is 396. The van der Waals surface area contributed by atoms with E-state index in [-0.39, 0.29) is 22.9 Å². The fourth-order valence-electron chi connectivity index (χ4n) is 1.05. The predicted octanol–water partition coefficient (Wildman–Crippen LogP) is 3.48. The van der Waals surface area contributed by atoms with Gasteiger partial charge in [0.15, 0.2) is 6.29 Å². The van der Waals surface area contributed by atoms with Crippen LogP contribution in [0.15, 0.2) is 30.3 Å². The lowest BCUT2D eigenvalue weighted by atomic mass is 10.1. The molecule has 80 valence electrons. The molecule has 1 rings (SSSR count). The number of carbonyl (C=O) groups is 1. The Morgan fingerprint density at radius 3 is 2.33 bits per heavy atom. The molecule has 5 heteroatoms. The quantitative estimate of drug-likeness (QED) is 0.566. The van der Waals surface area contributed by atoms with Gasteiger partial charge in [-0.15, -0.1) is 0 Å². The first-order valence-corrected chi connectivity index (χ1v) is 4.31. The molecule has 0 fully saturated rings. The Labute approximate surface area is 89.2 Å². The fourth-order valence-corrected chi connectivity index (χ4v) is 1.29. The molecular weight excluding hydrogens is 229 g/mol. The molecule has 0 aliphatic rings. The molecule has 0 saturated carbocycles. The van der Waals surface area contributed by atoms with Gasteiger partial charge in [-0.05, 0) is 6.07 Å². The van der Waals surface area contributed by atoms with E-state index in [2.05, 4.69) is 0 Å². The van der Waals surface area contributed by atoms with Gasteiger partial charge in [0.25, 0.3) is 0 Å². The van der Waals surface area contributed by atoms with Gasteiger partial charge in [-0.2, -0.15) is 13.2 Å². The van der Waals surface area contributed by atoms with E-state index in [0.29, 0.717) is 0 Å². The standard InChI is InChI=1S/C10H6ClF3O/c11-9-4-2-1-3-8(9)7(6-15)5-10(12,13)14/h1-6H/b7-5-. The van der Waals surface area contributed by atoms with Crippen LogP contribution in [0.1, 0.15) is 5.56 Å². The molecule has 0 aliphatic carbocycles. The molecule has 0 saturated heterocycles. The molecular formula is C10H6ClF3O. The number of hydrogen-bond acceptors (Lipinski definition) is 1. The highest BCUT2D eigenvalue weighted by atomic mass is 35.5. The second-order valence-electron chi connectivity index (χ2n) is 2.74. The number of aldehydes is 1. The highest BCUT2D eigenvalue weighted by Crippen LogP contribution is 2.27. The van der Waals surface area contributed by atoms with Crippen LogP contribution in [-0.4, -0.2) is 12.5 Å². The monoisotopic (exact) mass is 234 g/mol. The highest BCUT2D eigenvalue weighted by Gasteiger charge is 2.25. The molecule has 0 atom stereocenters. The van der Waals surface area contributed by atoms with E-state index in [0.717, 1.165) is 0 Å². The van der Waals surface area contributed by atoms with E-state index >= 15 is 0 Å². The summed E-state index contributed by atoms with van der Waals surface area (Å²) < 4.78 is 36.1. The molecule has 1 aromatic rings. The van der Waals surface area contributed by atoms with Crippen molar-refractivity contribution in [1.29, 1.82) is 0 Å². The first-order valence-electron chi connectivity index (χ1n) is 3.94. The van der Waals surface area contributed by atoms with Gasteiger partial charge in [0.05, 0.1) is 0 Å². The van der Waals surface area contributed by atoms with E-state index in [9.17, 15) is 18.0 Å². The van der Waals surface area contributed by atoms with Crippen LogP contribution >= 0.6 is 11.6 Å². The van der Waals surface area contributed by atoms with E-state index in [1.54, 1.807) is 6.07 Å². The maximum atomic E-state index is 12.0. The summed E-state index contributed by atoms with van der Waals surface area (Å²) >= 11 is 5.66. The predicted molar refractivity (Wildman–Crippen MR) is 51.5 cm³/mol. The van der Waals surface area contributed by atoms with Gasteiger partial charge in [-0.25, -0.2) is 0 Å². The SMILES string of the molecule is O=C/C(=C/C(F)(F)F)c1ccccc1Cl. The number of rotatable bonds is 2. The van der Waals surface area contributed by atoms with Gasteiger partial charge in [0.1, 0.15) is 0 Å². The minimum atomic E-state index is -4.53. The van der Waals surface area contributed by atoms with E-state index in [1.807, 2.05) is 0 Å². The van der Waals surface area contributed by atoms with Gasteiger partial charge in [0.2, 0.25) is 0 Å². The summed E-state index contributed by atoms with van der Waals surface area (Å²) in [5.41, 5.74) is -0.403. The highest BCUT2D eigenvalue weighted by molar-refractivity contribution is 6.33. The topological polar surface area (TPSA) is 17.1 Å². The number of allylic oxidation sites excluding steroid dienone is 2. The normalized spacial score (nSPS) is 12.7. The van der Waals surface area contributed by atoms with Crippen LogP contribution in [-0.2, 0) is 4.79 Å². The van der Waals surface area contributed by atoms with Crippen LogP contribution in [0.3, 0.4) is 0 Å². The summed E-state index contributed by atoms with van der Waals surface area (Å²) in [7, 11) is 0. The largest absolute Gasteiger partial charge is 0.410 e. The van der Waals surface area contributed by atoms with Crippen LogP contribution in [0.4, 0.5) is 13.2 Å². The van der Waals surface area contributed by atoms with Crippen molar-refractivity contribution in [2.75, 3.05) is 0 Å². The molecule has 0 spiro atoms. The smallest absolute Gasteiger partial charge is 0.298 e. The van der Waals surface area contributed by atoms with Gasteiger partial charge in [-0.3, -0.25) is 4.79 Å². The average molecular weight is 235 g/mol. The van der Waals surface area contributed by atoms with Crippen molar-refractivity contribution in [1.82, 2.24) is 0 Å². The number of halogens is 4. The molecule has 0 aliphatic heterocycles. The van der Waals surface area contributed by atoms with Crippen molar-refractivity contribution in [2.24, 2.45) is 0 Å². The van der Waals surface area contributed by atoms with E-state index in [1.165, 1.54) is 18.2 Å². The Hall–Kier alpha value is -1.29. The number of alkyl halides is 3. The zero-order valence-electron chi connectivity index (χ0n) is 7.38. The molecule has 15 heavy (non-hydrogen) atoms. The lowest BCUT2D eigenvalue weighted by molar-refractivity contribution is -0.104. The summed E-state index contributed by atoms with van der Waals surface area (Å²) in [6, 6.07) is 5.86. The van der Waals surface area contributed by atoms with Crippen molar-refractivity contribution in [2.45, 2.75) is 6.18 Å². The molecule has 0 heterocycles. The van der Waals surface area contributed by atoms with E-state index < -0.39 is 11.7 Å². The fraction of sp³-hybridized carbons (Fsp3) is 0.100. The van der Waals surface area contributed by atoms with Crippen LogP contribution in [0.5, 0.6) is 0 Å². The van der Waals surface area contributed by atoms with Gasteiger partial charge in [0, 0.05) is 22.2 Å². The third kappa shape index (κ3) is 3.40. The van der Waals surface area contributed by atoms with Crippen LogP contribution < -0.4 is 0 Å². The zero-order chi connectivity index (χ0) is 11.5. The maximum absolute atomic E-state index is 12.0. The van der Waals surface area contributed by atoms with Gasteiger partial charge >= 0.3 is 6.18 Å². The second kappa shape index (κ2) is 4.49. The first-order chi connectivity index (χ1) is 6.94. The second-order valence-corrected chi connectivity index (χ2v) is 3.15. The molecule has 1 aromatic carbocycles. The summed E-state index contributed by atoms with van der Waals surface area (Å²) in [6.07, 6.45) is -4.47. The van der Waals surface area contributed by atoms with Gasteiger partial charge < -0.3 is 0 Å². The molecule has 0 amide bonds. The molecule has 0 radical (unpaired) electrons. The Morgan fingerprint density at radius 2 is 1.87 bits per heavy atom. The lowest BCUT2D eigenvalue weighted by Crippen LogP contribution is -2.04. The zero-order valence-corrected chi connectivity index (χ0v) is 8.14. The van der Waals surface area contributed by atoms with Crippen LogP contribution in [0, 0.1) is 0 Å². The number of hydrogen-bond donors (Lipinski definition) is 0. The minimum absolute atomic E-state index is 0.0682. The number of benzene rings is 1. The maximum Gasteiger partial charge on any atom is 0.410 e. The van der Waals surface area contributed by atoms with E-state index in [4.69, 9.17) is 11.6 Å². The Kier molecular flexibility index (Phi) is 3.52. The summed E-state index contributed by atoms with van der Waals surface area (Å²) in [6.45, 7) is 0. The lowest BCUT2D eigenvalue weighted by Gasteiger charge is -2.05. The van der Waals surface area contributed by atoms with Crippen LogP contribution in [0.25, 0.3) is 5.57 Å². The Morgan fingerprint density at radius 1 is 1.27 bits per heavy atom. The molecule has 1 nitrogen and oxygen atoms in total. The van der Waals surface area contributed by atoms with Gasteiger partial charge in [-0.1, -0.05) is 29.8 Å². The van der Waals surface area contributed by atoms with Crippen molar-refractivity contribution in [3.05, 3.63) is 40.9 Å². The average Bonchev–Trinajstić information content (AvgIpc) is 2.14. The molecule has 0 aromatic heterocycles.